The maximum Gasteiger partial charge on any atom is 0.161 e. The van der Waals surface area contributed by atoms with E-state index < -0.39 is 0 Å². The quantitative estimate of drug-likeness (QED) is 0.657. The Morgan fingerprint density at radius 1 is 1.55 bits per heavy atom. The van der Waals surface area contributed by atoms with Gasteiger partial charge in [-0.05, 0) is 19.1 Å². The van der Waals surface area contributed by atoms with Crippen LogP contribution in [-0.2, 0) is 0 Å². The fraction of sp³-hybridized carbons (Fsp3) is 0.125. The molecule has 0 unspecified atom stereocenters. The van der Waals surface area contributed by atoms with Crippen molar-refractivity contribution in [3.05, 3.63) is 28.8 Å². The number of phenolic OH excluding ortho intramolecular Hbond substituents is 1. The molecule has 0 aliphatic carbocycles. The third-order valence-corrected chi connectivity index (χ3v) is 1.75. The topological polar surface area (TPSA) is 37.3 Å². The number of halogens is 1. The minimum atomic E-state index is -0.147. The van der Waals surface area contributed by atoms with E-state index in [4.69, 9.17) is 16.7 Å². The zero-order valence-corrected chi connectivity index (χ0v) is 6.72. The lowest BCUT2D eigenvalue weighted by molar-refractivity contribution is 0.101. The lowest BCUT2D eigenvalue weighted by atomic mass is 10.1. The monoisotopic (exact) mass is 170 g/mol. The third kappa shape index (κ3) is 1.52. The molecule has 1 N–H and O–H groups in total. The van der Waals surface area contributed by atoms with Gasteiger partial charge in [-0.2, -0.15) is 0 Å². The van der Waals surface area contributed by atoms with E-state index in [0.29, 0.717) is 5.56 Å². The van der Waals surface area contributed by atoms with Crippen LogP contribution in [0.2, 0.25) is 5.02 Å². The summed E-state index contributed by atoms with van der Waals surface area (Å²) in [5.41, 5.74) is 0.353. The van der Waals surface area contributed by atoms with Crippen LogP contribution in [0.4, 0.5) is 0 Å². The van der Waals surface area contributed by atoms with E-state index in [2.05, 4.69) is 0 Å². The molecular formula is C8H7ClO2. The standard InChI is InChI=1S/C8H7ClO2/c1-5(10)6-3-2-4-7(11)8(6)9/h2-4,11H,1H3. The van der Waals surface area contributed by atoms with Gasteiger partial charge in [-0.25, -0.2) is 0 Å². The third-order valence-electron chi connectivity index (χ3n) is 1.36. The number of ketones is 1. The number of benzene rings is 1. The maximum absolute atomic E-state index is 10.8. The summed E-state index contributed by atoms with van der Waals surface area (Å²) in [4.78, 5) is 10.8. The summed E-state index contributed by atoms with van der Waals surface area (Å²) < 4.78 is 0. The van der Waals surface area contributed by atoms with Crippen LogP contribution in [0.5, 0.6) is 5.75 Å². The molecule has 0 heterocycles. The van der Waals surface area contributed by atoms with Gasteiger partial charge in [-0.15, -0.1) is 0 Å². The van der Waals surface area contributed by atoms with E-state index in [1.807, 2.05) is 0 Å². The van der Waals surface area contributed by atoms with E-state index in [1.165, 1.54) is 13.0 Å². The Labute approximate surface area is 69.4 Å². The molecule has 0 aliphatic rings. The Kier molecular flexibility index (Phi) is 2.15. The van der Waals surface area contributed by atoms with Gasteiger partial charge in [0.05, 0.1) is 5.02 Å². The molecule has 0 aromatic heterocycles. The van der Waals surface area contributed by atoms with Crippen LogP contribution in [0.3, 0.4) is 0 Å². The van der Waals surface area contributed by atoms with E-state index in [-0.39, 0.29) is 16.6 Å². The second-order valence-electron chi connectivity index (χ2n) is 2.19. The molecular weight excluding hydrogens is 164 g/mol. The molecule has 0 saturated carbocycles. The van der Waals surface area contributed by atoms with Crippen LogP contribution in [0, 0.1) is 0 Å². The summed E-state index contributed by atoms with van der Waals surface area (Å²) >= 11 is 5.62. The Bertz CT molecular complexity index is 294. The molecule has 1 aromatic carbocycles. The van der Waals surface area contributed by atoms with Gasteiger partial charge < -0.3 is 5.11 Å². The van der Waals surface area contributed by atoms with Gasteiger partial charge in [0.15, 0.2) is 5.78 Å². The van der Waals surface area contributed by atoms with Crippen LogP contribution < -0.4 is 0 Å². The second-order valence-corrected chi connectivity index (χ2v) is 2.57. The number of hydrogen-bond donors (Lipinski definition) is 1. The summed E-state index contributed by atoms with van der Waals surface area (Å²) in [7, 11) is 0. The summed E-state index contributed by atoms with van der Waals surface area (Å²) in [5, 5.41) is 9.19. The first-order chi connectivity index (χ1) is 5.13. The highest BCUT2D eigenvalue weighted by molar-refractivity contribution is 6.35. The van der Waals surface area contributed by atoms with Crippen molar-refractivity contribution in [1.29, 1.82) is 0 Å². The van der Waals surface area contributed by atoms with Crippen molar-refractivity contribution < 1.29 is 9.90 Å². The van der Waals surface area contributed by atoms with E-state index in [9.17, 15) is 4.79 Å². The molecule has 0 radical (unpaired) electrons. The molecule has 2 nitrogen and oxygen atoms in total. The molecule has 11 heavy (non-hydrogen) atoms. The first-order valence-corrected chi connectivity index (χ1v) is 3.49. The van der Waals surface area contributed by atoms with Gasteiger partial charge in [0, 0.05) is 5.56 Å². The molecule has 1 rings (SSSR count). The molecule has 0 spiro atoms. The molecule has 1 aromatic rings. The average molecular weight is 171 g/mol. The van der Waals surface area contributed by atoms with Crippen molar-refractivity contribution in [1.82, 2.24) is 0 Å². The van der Waals surface area contributed by atoms with E-state index >= 15 is 0 Å². The highest BCUT2D eigenvalue weighted by Gasteiger charge is 2.07. The number of hydrogen-bond acceptors (Lipinski definition) is 2. The molecule has 58 valence electrons. The van der Waals surface area contributed by atoms with Crippen LogP contribution in [0.15, 0.2) is 18.2 Å². The summed E-state index contributed by atoms with van der Waals surface area (Å²) in [5.74, 6) is -0.203. The van der Waals surface area contributed by atoms with Gasteiger partial charge in [0.25, 0.3) is 0 Å². The molecule has 0 bridgehead atoms. The molecule has 0 amide bonds. The zero-order chi connectivity index (χ0) is 8.43. The van der Waals surface area contributed by atoms with E-state index in [0.717, 1.165) is 0 Å². The molecule has 0 atom stereocenters. The Balaban J connectivity index is 3.27. The first-order valence-electron chi connectivity index (χ1n) is 3.11. The summed E-state index contributed by atoms with van der Waals surface area (Å²) in [6.07, 6.45) is 0. The van der Waals surface area contributed by atoms with E-state index in [1.54, 1.807) is 12.1 Å². The van der Waals surface area contributed by atoms with Crippen molar-refractivity contribution in [3.63, 3.8) is 0 Å². The molecule has 0 fully saturated rings. The van der Waals surface area contributed by atoms with Gasteiger partial charge in [-0.1, -0.05) is 17.7 Å². The van der Waals surface area contributed by atoms with Crippen LogP contribution in [0.1, 0.15) is 17.3 Å². The number of aromatic hydroxyl groups is 1. The second kappa shape index (κ2) is 2.93. The number of carbonyl (C=O) groups is 1. The SMILES string of the molecule is CC(=O)c1cccc(O)c1Cl. The smallest absolute Gasteiger partial charge is 0.161 e. The summed E-state index contributed by atoms with van der Waals surface area (Å²) in [6.45, 7) is 1.40. The van der Waals surface area contributed by atoms with Crippen LogP contribution in [0.25, 0.3) is 0 Å². The first kappa shape index (κ1) is 8.08. The highest BCUT2D eigenvalue weighted by atomic mass is 35.5. The lowest BCUT2D eigenvalue weighted by Gasteiger charge is -1.99. The van der Waals surface area contributed by atoms with Crippen LogP contribution in [-0.4, -0.2) is 10.9 Å². The maximum atomic E-state index is 10.8. The van der Waals surface area contributed by atoms with Crippen molar-refractivity contribution in [2.75, 3.05) is 0 Å². The predicted molar refractivity (Wildman–Crippen MR) is 43.1 cm³/mol. The minimum absolute atomic E-state index is 0.0561. The van der Waals surface area contributed by atoms with Crippen LogP contribution >= 0.6 is 11.6 Å². The Morgan fingerprint density at radius 3 is 2.64 bits per heavy atom. The number of phenols is 1. The highest BCUT2D eigenvalue weighted by Crippen LogP contribution is 2.26. The van der Waals surface area contributed by atoms with Gasteiger partial charge in [0.1, 0.15) is 5.75 Å². The fourth-order valence-corrected chi connectivity index (χ4v) is 1.05. The Hall–Kier alpha value is -1.02. The van der Waals surface area contributed by atoms with Crippen molar-refractivity contribution >= 4 is 17.4 Å². The minimum Gasteiger partial charge on any atom is -0.506 e. The zero-order valence-electron chi connectivity index (χ0n) is 5.97. The number of carbonyl (C=O) groups excluding carboxylic acids is 1. The molecule has 0 saturated heterocycles. The van der Waals surface area contributed by atoms with Crippen molar-refractivity contribution in [2.45, 2.75) is 6.92 Å². The number of rotatable bonds is 1. The largest absolute Gasteiger partial charge is 0.506 e. The fourth-order valence-electron chi connectivity index (χ4n) is 0.792. The van der Waals surface area contributed by atoms with Gasteiger partial charge in [-0.3, -0.25) is 4.79 Å². The Morgan fingerprint density at radius 2 is 2.18 bits per heavy atom. The normalized spacial score (nSPS) is 9.64. The van der Waals surface area contributed by atoms with Crippen molar-refractivity contribution in [2.24, 2.45) is 0 Å². The molecule has 3 heteroatoms. The van der Waals surface area contributed by atoms with Gasteiger partial charge >= 0.3 is 0 Å². The average Bonchev–Trinajstić information content (AvgIpc) is 1.94. The predicted octanol–water partition coefficient (Wildman–Crippen LogP) is 2.25. The van der Waals surface area contributed by atoms with Crippen molar-refractivity contribution in [3.8, 4) is 5.75 Å². The molecule has 0 aliphatic heterocycles. The lowest BCUT2D eigenvalue weighted by Crippen LogP contribution is -1.92. The summed E-state index contributed by atoms with van der Waals surface area (Å²) in [6, 6.07) is 4.59. The number of Topliss-reactive ketones (excluding diaryl/α,β-unsaturated/α-hetero) is 1. The van der Waals surface area contributed by atoms with Gasteiger partial charge in [0.2, 0.25) is 0 Å².